The monoisotopic (exact) mass is 418 g/mol. The Bertz CT molecular complexity index is 559. The van der Waals surface area contributed by atoms with Crippen molar-refractivity contribution < 1.29 is 4.74 Å². The molecule has 0 unspecified atom stereocenters. The number of methoxy groups -OCH3 is 1. The fraction of sp³-hybridized carbons (Fsp3) is 0.286. The molecule has 0 fully saturated rings. The zero-order valence-electron chi connectivity index (χ0n) is 11.8. The summed E-state index contributed by atoms with van der Waals surface area (Å²) < 4.78 is 4.92. The summed E-state index contributed by atoms with van der Waals surface area (Å²) in [6.07, 6.45) is 0. The van der Waals surface area contributed by atoms with Crippen LogP contribution in [-0.2, 0) is 11.3 Å². The van der Waals surface area contributed by atoms with Crippen LogP contribution in [-0.4, -0.2) is 31.2 Å². The summed E-state index contributed by atoms with van der Waals surface area (Å²) in [6, 6.07) is 10.1. The molecule has 0 spiro atoms. The van der Waals surface area contributed by atoms with Gasteiger partial charge in [-0.1, -0.05) is 30.3 Å². The molecule has 0 bridgehead atoms. The molecule has 0 aliphatic carbocycles. The molecule has 1 aromatic heterocycles. The van der Waals surface area contributed by atoms with Crippen LogP contribution in [0.2, 0.25) is 0 Å². The van der Waals surface area contributed by atoms with Crippen molar-refractivity contribution in [2.45, 2.75) is 6.54 Å². The molecule has 3 N–H and O–H groups in total. The number of halogens is 1. The van der Waals surface area contributed by atoms with Gasteiger partial charge in [-0.05, 0) is 0 Å². The Hall–Kier alpha value is -1.19. The van der Waals surface area contributed by atoms with Gasteiger partial charge in [-0.25, -0.2) is 9.98 Å². The van der Waals surface area contributed by atoms with Gasteiger partial charge in [0.2, 0.25) is 0 Å². The highest BCUT2D eigenvalue weighted by Gasteiger charge is 2.03. The zero-order chi connectivity index (χ0) is 14.2. The lowest BCUT2D eigenvalue weighted by molar-refractivity contribution is 0.204. The molecular weight excluding hydrogens is 399 g/mol. The number of hydrogen-bond donors (Lipinski definition) is 2. The van der Waals surface area contributed by atoms with Crippen molar-refractivity contribution in [1.82, 2.24) is 10.3 Å². The predicted molar refractivity (Wildman–Crippen MR) is 98.2 cm³/mol. The Kier molecular flexibility index (Phi) is 8.24. The van der Waals surface area contributed by atoms with Crippen molar-refractivity contribution in [3.63, 3.8) is 0 Å². The second-order valence-corrected chi connectivity index (χ2v) is 5.06. The molecule has 0 amide bonds. The van der Waals surface area contributed by atoms with E-state index in [9.17, 15) is 0 Å². The Labute approximate surface area is 145 Å². The molecule has 0 aliphatic heterocycles. The number of guanidine groups is 1. The van der Waals surface area contributed by atoms with Gasteiger partial charge in [0.25, 0.3) is 0 Å². The van der Waals surface area contributed by atoms with E-state index < -0.39 is 0 Å². The smallest absolute Gasteiger partial charge is 0.189 e. The molecule has 5 nitrogen and oxygen atoms in total. The van der Waals surface area contributed by atoms with Gasteiger partial charge >= 0.3 is 0 Å². The molecule has 0 aliphatic rings. The van der Waals surface area contributed by atoms with Crippen LogP contribution >= 0.6 is 35.3 Å². The van der Waals surface area contributed by atoms with Crippen LogP contribution in [0.1, 0.15) is 5.01 Å². The maximum absolute atomic E-state index is 5.74. The molecule has 1 aromatic carbocycles. The number of aromatic nitrogens is 1. The summed E-state index contributed by atoms with van der Waals surface area (Å²) in [5.41, 5.74) is 7.83. The molecular formula is C14H19IN4OS. The van der Waals surface area contributed by atoms with Gasteiger partial charge in [0, 0.05) is 24.6 Å². The first-order chi connectivity index (χ1) is 9.79. The van der Waals surface area contributed by atoms with Crippen molar-refractivity contribution >= 4 is 41.3 Å². The van der Waals surface area contributed by atoms with Crippen LogP contribution in [0.15, 0.2) is 40.7 Å². The molecule has 1 heterocycles. The number of nitrogens with two attached hydrogens (primary N) is 1. The van der Waals surface area contributed by atoms with E-state index in [0.29, 0.717) is 25.7 Å². The van der Waals surface area contributed by atoms with Crippen molar-refractivity contribution in [2.75, 3.05) is 20.3 Å². The third kappa shape index (κ3) is 5.98. The zero-order valence-corrected chi connectivity index (χ0v) is 14.9. The first-order valence-electron chi connectivity index (χ1n) is 6.32. The number of aliphatic imine (C=N–C) groups is 1. The lowest BCUT2D eigenvalue weighted by Gasteiger charge is -2.03. The van der Waals surface area contributed by atoms with E-state index in [0.717, 1.165) is 16.3 Å². The molecule has 2 aromatic rings. The first kappa shape index (κ1) is 17.9. The van der Waals surface area contributed by atoms with Gasteiger partial charge in [0.05, 0.1) is 18.8 Å². The van der Waals surface area contributed by atoms with Gasteiger partial charge in [0.1, 0.15) is 5.01 Å². The van der Waals surface area contributed by atoms with Crippen LogP contribution in [0.4, 0.5) is 0 Å². The predicted octanol–water partition coefficient (Wildman–Crippen LogP) is 2.48. The molecule has 0 radical (unpaired) electrons. The van der Waals surface area contributed by atoms with Crippen LogP contribution in [0.5, 0.6) is 0 Å². The van der Waals surface area contributed by atoms with E-state index in [1.54, 1.807) is 18.4 Å². The van der Waals surface area contributed by atoms with Crippen LogP contribution in [0, 0.1) is 0 Å². The van der Waals surface area contributed by atoms with Crippen molar-refractivity contribution in [2.24, 2.45) is 10.7 Å². The minimum Gasteiger partial charge on any atom is -0.383 e. The summed E-state index contributed by atoms with van der Waals surface area (Å²) in [4.78, 5) is 8.80. The fourth-order valence-electron chi connectivity index (χ4n) is 1.61. The van der Waals surface area contributed by atoms with Crippen molar-refractivity contribution in [1.29, 1.82) is 0 Å². The van der Waals surface area contributed by atoms with E-state index in [1.807, 2.05) is 35.7 Å². The fourth-order valence-corrected chi connectivity index (χ4v) is 2.34. The van der Waals surface area contributed by atoms with Crippen LogP contribution in [0.25, 0.3) is 11.3 Å². The van der Waals surface area contributed by atoms with E-state index in [2.05, 4.69) is 15.3 Å². The first-order valence-corrected chi connectivity index (χ1v) is 7.20. The highest BCUT2D eigenvalue weighted by Crippen LogP contribution is 2.21. The Balaban J connectivity index is 0.00000220. The number of benzene rings is 1. The molecule has 7 heteroatoms. The lowest BCUT2D eigenvalue weighted by atomic mass is 10.2. The van der Waals surface area contributed by atoms with Gasteiger partial charge in [0.15, 0.2) is 5.96 Å². The topological polar surface area (TPSA) is 72.5 Å². The number of thiazole rings is 1. The number of rotatable bonds is 6. The second-order valence-electron chi connectivity index (χ2n) is 4.11. The van der Waals surface area contributed by atoms with E-state index in [-0.39, 0.29) is 24.0 Å². The van der Waals surface area contributed by atoms with Gasteiger partial charge < -0.3 is 15.8 Å². The number of nitrogens with one attached hydrogen (secondary N) is 1. The normalized spacial score (nSPS) is 11.0. The average Bonchev–Trinajstić information content (AvgIpc) is 2.95. The van der Waals surface area contributed by atoms with Gasteiger partial charge in [-0.15, -0.1) is 35.3 Å². The summed E-state index contributed by atoms with van der Waals surface area (Å²) >= 11 is 1.59. The highest BCUT2D eigenvalue weighted by atomic mass is 127. The standard InChI is InChI=1S/C14H18N4OS.HI/c1-19-8-7-16-14(15)17-9-13-18-12(10-20-13)11-5-3-2-4-6-11;/h2-6,10H,7-9H2,1H3,(H3,15,16,17);1H. The second kappa shape index (κ2) is 9.69. The Morgan fingerprint density at radius 3 is 2.86 bits per heavy atom. The van der Waals surface area contributed by atoms with E-state index in [4.69, 9.17) is 10.5 Å². The summed E-state index contributed by atoms with van der Waals surface area (Å²) in [5, 5.41) is 5.95. The number of hydrogen-bond acceptors (Lipinski definition) is 4. The number of nitrogens with zero attached hydrogens (tertiary/aromatic N) is 2. The third-order valence-corrected chi connectivity index (χ3v) is 3.45. The van der Waals surface area contributed by atoms with E-state index in [1.165, 1.54) is 0 Å². The molecule has 114 valence electrons. The SMILES string of the molecule is COCCNC(N)=NCc1nc(-c2ccccc2)cs1.I. The summed E-state index contributed by atoms with van der Waals surface area (Å²) in [7, 11) is 1.65. The average molecular weight is 418 g/mol. The van der Waals surface area contributed by atoms with Crippen LogP contribution in [0.3, 0.4) is 0 Å². The minimum absolute atomic E-state index is 0. The molecule has 21 heavy (non-hydrogen) atoms. The van der Waals surface area contributed by atoms with Crippen LogP contribution < -0.4 is 11.1 Å². The maximum Gasteiger partial charge on any atom is 0.189 e. The minimum atomic E-state index is 0. The van der Waals surface area contributed by atoms with Crippen molar-refractivity contribution in [3.05, 3.63) is 40.7 Å². The Morgan fingerprint density at radius 2 is 2.14 bits per heavy atom. The Morgan fingerprint density at radius 1 is 1.38 bits per heavy atom. The summed E-state index contributed by atoms with van der Waals surface area (Å²) in [5.74, 6) is 0.415. The largest absolute Gasteiger partial charge is 0.383 e. The van der Waals surface area contributed by atoms with Gasteiger partial charge in [-0.2, -0.15) is 0 Å². The van der Waals surface area contributed by atoms with Gasteiger partial charge in [-0.3, -0.25) is 0 Å². The maximum atomic E-state index is 5.74. The molecule has 2 rings (SSSR count). The quantitative estimate of drug-likeness (QED) is 0.327. The molecule has 0 saturated heterocycles. The highest BCUT2D eigenvalue weighted by molar-refractivity contribution is 14.0. The van der Waals surface area contributed by atoms with Crippen molar-refractivity contribution in [3.8, 4) is 11.3 Å². The third-order valence-electron chi connectivity index (χ3n) is 2.62. The molecule has 0 atom stereocenters. The van der Waals surface area contributed by atoms with E-state index >= 15 is 0 Å². The number of ether oxygens (including phenoxy) is 1. The summed E-state index contributed by atoms with van der Waals surface area (Å²) in [6.45, 7) is 1.74. The molecule has 0 saturated carbocycles. The lowest BCUT2D eigenvalue weighted by Crippen LogP contribution is -2.34.